The Bertz CT molecular complexity index is 981. The standard InChI is InChI=1S/C19H14O5/c1-23-14-8-9-18-16(10-14)17(20)11-15(24-18)7-4-12-2-5-13(6-3-12)19(21)22/h2-11H,1H3,(H,21,22)/b7-4+. The van der Waals surface area contributed by atoms with E-state index in [9.17, 15) is 9.59 Å². The number of carboxylic acid groups (broad SMARTS) is 1. The fourth-order valence-electron chi connectivity index (χ4n) is 2.28. The van der Waals surface area contributed by atoms with Crippen LogP contribution in [-0.2, 0) is 0 Å². The van der Waals surface area contributed by atoms with Gasteiger partial charge in [0.25, 0.3) is 0 Å². The summed E-state index contributed by atoms with van der Waals surface area (Å²) in [7, 11) is 1.54. The molecule has 5 nitrogen and oxygen atoms in total. The van der Waals surface area contributed by atoms with Crippen LogP contribution in [0, 0.1) is 0 Å². The third-order valence-electron chi connectivity index (χ3n) is 3.55. The first kappa shape index (κ1) is 15.6. The highest BCUT2D eigenvalue weighted by Gasteiger charge is 2.05. The van der Waals surface area contributed by atoms with Gasteiger partial charge in [-0.25, -0.2) is 4.79 Å². The smallest absolute Gasteiger partial charge is 0.335 e. The lowest BCUT2D eigenvalue weighted by Gasteiger charge is -2.02. The van der Waals surface area contributed by atoms with E-state index in [4.69, 9.17) is 14.3 Å². The van der Waals surface area contributed by atoms with Crippen LogP contribution in [0.4, 0.5) is 0 Å². The minimum atomic E-state index is -0.971. The molecule has 0 aliphatic carbocycles. The van der Waals surface area contributed by atoms with Gasteiger partial charge in [-0.05, 0) is 42.0 Å². The third-order valence-corrected chi connectivity index (χ3v) is 3.55. The highest BCUT2D eigenvalue weighted by Crippen LogP contribution is 2.20. The van der Waals surface area contributed by atoms with Crippen LogP contribution in [-0.4, -0.2) is 18.2 Å². The normalized spacial score (nSPS) is 11.0. The molecule has 1 aromatic heterocycles. The molecule has 0 aliphatic rings. The lowest BCUT2D eigenvalue weighted by Crippen LogP contribution is -2.00. The van der Waals surface area contributed by atoms with Crippen LogP contribution >= 0.6 is 0 Å². The van der Waals surface area contributed by atoms with Crippen LogP contribution in [0.1, 0.15) is 21.7 Å². The van der Waals surface area contributed by atoms with E-state index in [2.05, 4.69) is 0 Å². The Hall–Kier alpha value is -3.34. The molecule has 24 heavy (non-hydrogen) atoms. The topological polar surface area (TPSA) is 76.7 Å². The molecular formula is C19H14O5. The molecule has 0 amide bonds. The van der Waals surface area contributed by atoms with E-state index in [1.807, 2.05) is 0 Å². The molecule has 3 aromatic rings. The van der Waals surface area contributed by atoms with E-state index in [0.717, 1.165) is 5.56 Å². The van der Waals surface area contributed by atoms with Gasteiger partial charge in [-0.1, -0.05) is 18.2 Å². The second kappa shape index (κ2) is 6.42. The van der Waals surface area contributed by atoms with Crippen molar-refractivity contribution in [2.75, 3.05) is 7.11 Å². The van der Waals surface area contributed by atoms with Crippen LogP contribution in [0.25, 0.3) is 23.1 Å². The average molecular weight is 322 g/mol. The van der Waals surface area contributed by atoms with E-state index in [1.165, 1.54) is 25.3 Å². The number of rotatable bonds is 4. The summed E-state index contributed by atoms with van der Waals surface area (Å²) in [5.41, 5.74) is 1.34. The summed E-state index contributed by atoms with van der Waals surface area (Å²) in [5, 5.41) is 9.33. The summed E-state index contributed by atoms with van der Waals surface area (Å²) in [6, 6.07) is 12.9. The molecule has 1 heterocycles. The van der Waals surface area contributed by atoms with E-state index in [-0.39, 0.29) is 11.0 Å². The van der Waals surface area contributed by atoms with Crippen molar-refractivity contribution in [1.29, 1.82) is 0 Å². The second-order valence-corrected chi connectivity index (χ2v) is 5.14. The molecule has 0 atom stereocenters. The first-order valence-corrected chi connectivity index (χ1v) is 7.20. The van der Waals surface area contributed by atoms with Crippen molar-refractivity contribution in [3.05, 3.63) is 75.6 Å². The maximum Gasteiger partial charge on any atom is 0.335 e. The highest BCUT2D eigenvalue weighted by molar-refractivity contribution is 5.88. The van der Waals surface area contributed by atoms with Gasteiger partial charge in [0.15, 0.2) is 5.43 Å². The number of methoxy groups -OCH3 is 1. The Morgan fingerprint density at radius 3 is 2.50 bits per heavy atom. The molecule has 0 aliphatic heterocycles. The molecule has 0 fully saturated rings. The number of carbonyl (C=O) groups is 1. The number of benzene rings is 2. The number of carboxylic acids is 1. The molecule has 0 radical (unpaired) electrons. The van der Waals surface area contributed by atoms with Gasteiger partial charge in [0, 0.05) is 6.07 Å². The van der Waals surface area contributed by atoms with Crippen molar-refractivity contribution in [3.63, 3.8) is 0 Å². The first-order valence-electron chi connectivity index (χ1n) is 7.20. The van der Waals surface area contributed by atoms with Crippen molar-refractivity contribution in [3.8, 4) is 5.75 Å². The minimum absolute atomic E-state index is 0.156. The Morgan fingerprint density at radius 2 is 1.83 bits per heavy atom. The zero-order valence-electron chi connectivity index (χ0n) is 12.9. The van der Waals surface area contributed by atoms with Gasteiger partial charge >= 0.3 is 5.97 Å². The SMILES string of the molecule is COc1ccc2oc(/C=C/c3ccc(C(=O)O)cc3)cc(=O)c2c1. The summed E-state index contributed by atoms with van der Waals surface area (Å²) in [4.78, 5) is 23.0. The molecule has 0 saturated heterocycles. The largest absolute Gasteiger partial charge is 0.497 e. The van der Waals surface area contributed by atoms with Gasteiger partial charge in [0.05, 0.1) is 18.1 Å². The average Bonchev–Trinajstić information content (AvgIpc) is 2.60. The molecule has 0 unspecified atom stereocenters. The molecule has 5 heteroatoms. The third kappa shape index (κ3) is 3.20. The van der Waals surface area contributed by atoms with Gasteiger partial charge in [0.2, 0.25) is 0 Å². The fraction of sp³-hybridized carbons (Fsp3) is 0.0526. The van der Waals surface area contributed by atoms with Crippen molar-refractivity contribution in [2.24, 2.45) is 0 Å². The van der Waals surface area contributed by atoms with Crippen molar-refractivity contribution >= 4 is 29.1 Å². The van der Waals surface area contributed by atoms with Crippen LogP contribution in [0.5, 0.6) is 5.75 Å². The number of aromatic carboxylic acids is 1. The molecule has 1 N–H and O–H groups in total. The van der Waals surface area contributed by atoms with Gasteiger partial charge in [-0.3, -0.25) is 4.79 Å². The van der Waals surface area contributed by atoms with Gasteiger partial charge < -0.3 is 14.3 Å². The minimum Gasteiger partial charge on any atom is -0.497 e. The van der Waals surface area contributed by atoms with Crippen molar-refractivity contribution in [2.45, 2.75) is 0 Å². The molecule has 3 rings (SSSR count). The summed E-state index contributed by atoms with van der Waals surface area (Å²) in [5.74, 6) is 0.0399. The summed E-state index contributed by atoms with van der Waals surface area (Å²) in [6.45, 7) is 0. The molecule has 120 valence electrons. The van der Waals surface area contributed by atoms with Crippen molar-refractivity contribution < 1.29 is 19.1 Å². The second-order valence-electron chi connectivity index (χ2n) is 5.14. The first-order chi connectivity index (χ1) is 11.6. The van der Waals surface area contributed by atoms with Crippen LogP contribution in [0.3, 0.4) is 0 Å². The monoisotopic (exact) mass is 322 g/mol. The highest BCUT2D eigenvalue weighted by atomic mass is 16.5. The Balaban J connectivity index is 1.92. The number of hydrogen-bond donors (Lipinski definition) is 1. The van der Waals surface area contributed by atoms with E-state index < -0.39 is 5.97 Å². The number of hydrogen-bond acceptors (Lipinski definition) is 4. The Kier molecular flexibility index (Phi) is 4.16. The van der Waals surface area contributed by atoms with Gasteiger partial charge in [-0.15, -0.1) is 0 Å². The van der Waals surface area contributed by atoms with E-state index in [0.29, 0.717) is 22.5 Å². The predicted octanol–water partition coefficient (Wildman–Crippen LogP) is 3.67. The van der Waals surface area contributed by atoms with Crippen LogP contribution in [0.2, 0.25) is 0 Å². The molecule has 0 saturated carbocycles. The number of fused-ring (bicyclic) bond motifs is 1. The molecule has 2 aromatic carbocycles. The van der Waals surface area contributed by atoms with Crippen LogP contribution < -0.4 is 10.2 Å². The van der Waals surface area contributed by atoms with Crippen molar-refractivity contribution in [1.82, 2.24) is 0 Å². The zero-order valence-corrected chi connectivity index (χ0v) is 12.9. The fourth-order valence-corrected chi connectivity index (χ4v) is 2.28. The summed E-state index contributed by atoms with van der Waals surface area (Å²) in [6.07, 6.45) is 3.42. The summed E-state index contributed by atoms with van der Waals surface area (Å²) >= 11 is 0. The Labute approximate surface area is 137 Å². The quantitative estimate of drug-likeness (QED) is 0.793. The molecule has 0 bridgehead atoms. The van der Waals surface area contributed by atoms with E-state index >= 15 is 0 Å². The van der Waals surface area contributed by atoms with Gasteiger partial charge in [0.1, 0.15) is 17.1 Å². The molecular weight excluding hydrogens is 308 g/mol. The maximum absolute atomic E-state index is 12.2. The van der Waals surface area contributed by atoms with Crippen LogP contribution in [0.15, 0.2) is 57.7 Å². The predicted molar refractivity (Wildman–Crippen MR) is 91.4 cm³/mol. The van der Waals surface area contributed by atoms with E-state index in [1.54, 1.807) is 42.5 Å². The number of ether oxygens (including phenoxy) is 1. The lowest BCUT2D eigenvalue weighted by molar-refractivity contribution is 0.0697. The summed E-state index contributed by atoms with van der Waals surface area (Å²) < 4.78 is 10.8. The van der Waals surface area contributed by atoms with Gasteiger partial charge in [-0.2, -0.15) is 0 Å². The maximum atomic E-state index is 12.2. The molecule has 0 spiro atoms. The zero-order chi connectivity index (χ0) is 17.1. The Morgan fingerprint density at radius 1 is 1.08 bits per heavy atom. The lowest BCUT2D eigenvalue weighted by atomic mass is 10.1.